The number of rotatable bonds is 14. The molecular formula is C100H70BN3Si2. The van der Waals surface area contributed by atoms with Crippen LogP contribution in [0.5, 0.6) is 0 Å². The van der Waals surface area contributed by atoms with E-state index in [9.17, 15) is 0 Å². The standard InChI is InChI=1S/C100H70BN3Si2/c1-9-32-71(33-10-1)73-56-59-77(60-57-73)102-97-70-87(106(83-44-19-6-20-45-83,84-46-21-7-22-47-84)85-48-23-8-24-49-85)61-62-92(97)101-93-65-74(72-34-11-2-12-35-72)58-63-96(93)103(78-37-31-50-86(68-78)105(80-38-13-3-14-39-80,81-40-15-4-16-41-81)82-42-17-5-18-43-82)99-67-76(66-98(102)100(99)101)91-69-79(64-75-36-25-26-51-88(75)91)104-94-54-29-27-52-89(94)90-53-28-30-55-95(90)104/h1-70H. The van der Waals surface area contributed by atoms with Gasteiger partial charge in [-0.2, -0.15) is 0 Å². The van der Waals surface area contributed by atoms with Crippen molar-refractivity contribution >= 4 is 147 Å². The van der Waals surface area contributed by atoms with E-state index in [1.165, 1.54) is 107 Å². The first-order valence-electron chi connectivity index (χ1n) is 36.8. The molecule has 0 radical (unpaired) electrons. The maximum absolute atomic E-state index is 3.14. The molecular weight excluding hydrogens is 1310 g/mol. The summed E-state index contributed by atoms with van der Waals surface area (Å²) in [6, 6.07) is 161. The van der Waals surface area contributed by atoms with Gasteiger partial charge in [0.15, 0.2) is 16.1 Å². The molecule has 0 unspecified atom stereocenters. The van der Waals surface area contributed by atoms with E-state index in [0.29, 0.717) is 0 Å². The predicted octanol–water partition coefficient (Wildman–Crippen LogP) is 17.8. The van der Waals surface area contributed by atoms with Crippen LogP contribution in [0.1, 0.15) is 0 Å². The lowest BCUT2D eigenvalue weighted by Gasteiger charge is -2.45. The number of aromatic nitrogens is 1. The van der Waals surface area contributed by atoms with E-state index in [4.69, 9.17) is 0 Å². The summed E-state index contributed by atoms with van der Waals surface area (Å²) >= 11 is 0. The Balaban J connectivity index is 0.927. The second-order valence-corrected chi connectivity index (χ2v) is 35.8. The van der Waals surface area contributed by atoms with Crippen LogP contribution in [0.25, 0.3) is 71.6 Å². The van der Waals surface area contributed by atoms with Crippen LogP contribution in [0.15, 0.2) is 425 Å². The second kappa shape index (κ2) is 26.0. The monoisotopic (exact) mass is 1380 g/mol. The van der Waals surface area contributed by atoms with Gasteiger partial charge < -0.3 is 14.4 Å². The molecule has 0 spiro atoms. The van der Waals surface area contributed by atoms with E-state index >= 15 is 0 Å². The summed E-state index contributed by atoms with van der Waals surface area (Å²) in [5.74, 6) is 0. The molecule has 0 aliphatic carbocycles. The zero-order valence-corrected chi connectivity index (χ0v) is 60.3. The highest BCUT2D eigenvalue weighted by Crippen LogP contribution is 2.48. The highest BCUT2D eigenvalue weighted by molar-refractivity contribution is 7.20. The quantitative estimate of drug-likeness (QED) is 0.0794. The molecule has 106 heavy (non-hydrogen) atoms. The Hall–Kier alpha value is -13.1. The Morgan fingerprint density at radius 3 is 1.12 bits per heavy atom. The van der Waals surface area contributed by atoms with Gasteiger partial charge in [-0.05, 0) is 175 Å². The third kappa shape index (κ3) is 10.1. The topological polar surface area (TPSA) is 11.4 Å². The van der Waals surface area contributed by atoms with Crippen LogP contribution >= 0.6 is 0 Å². The van der Waals surface area contributed by atoms with Gasteiger partial charge in [0.25, 0.3) is 6.71 Å². The molecule has 0 saturated carbocycles. The number of fused-ring (bicyclic) bond motifs is 8. The van der Waals surface area contributed by atoms with E-state index in [-0.39, 0.29) is 6.71 Å². The molecule has 3 heterocycles. The van der Waals surface area contributed by atoms with Crippen molar-refractivity contribution in [3.8, 4) is 39.1 Å². The predicted molar refractivity (Wildman–Crippen MR) is 456 cm³/mol. The summed E-state index contributed by atoms with van der Waals surface area (Å²) in [6.07, 6.45) is 0. The van der Waals surface area contributed by atoms with Gasteiger partial charge in [0, 0.05) is 50.6 Å². The van der Waals surface area contributed by atoms with Crippen molar-refractivity contribution in [1.82, 2.24) is 4.57 Å². The molecule has 0 fully saturated rings. The summed E-state index contributed by atoms with van der Waals surface area (Å²) in [7, 11) is -6.22. The van der Waals surface area contributed by atoms with E-state index in [2.05, 4.69) is 439 Å². The fraction of sp³-hybridized carbons (Fsp3) is 0. The van der Waals surface area contributed by atoms with E-state index in [1.54, 1.807) is 0 Å². The fourth-order valence-electron chi connectivity index (χ4n) is 18.1. The van der Waals surface area contributed by atoms with Crippen molar-refractivity contribution in [2.75, 3.05) is 9.80 Å². The van der Waals surface area contributed by atoms with Crippen molar-refractivity contribution < 1.29 is 0 Å². The lowest BCUT2D eigenvalue weighted by molar-refractivity contribution is 1.19. The van der Waals surface area contributed by atoms with Crippen LogP contribution in [0.3, 0.4) is 0 Å². The lowest BCUT2D eigenvalue weighted by atomic mass is 9.33. The molecule has 3 nitrogen and oxygen atoms in total. The van der Waals surface area contributed by atoms with Gasteiger partial charge >= 0.3 is 0 Å². The minimum absolute atomic E-state index is 0.227. The molecule has 0 N–H and O–H groups in total. The van der Waals surface area contributed by atoms with Gasteiger partial charge in [-0.15, -0.1) is 0 Å². The van der Waals surface area contributed by atoms with Crippen LogP contribution < -0.4 is 67.7 Å². The summed E-state index contributed by atoms with van der Waals surface area (Å²) in [5.41, 5.74) is 20.9. The first-order valence-corrected chi connectivity index (χ1v) is 40.8. The first kappa shape index (κ1) is 62.7. The van der Waals surface area contributed by atoms with Crippen LogP contribution in [-0.4, -0.2) is 27.4 Å². The van der Waals surface area contributed by atoms with Gasteiger partial charge in [-0.3, -0.25) is 0 Å². The summed E-state index contributed by atoms with van der Waals surface area (Å²) in [6.45, 7) is -0.227. The molecule has 496 valence electrons. The highest BCUT2D eigenvalue weighted by Gasteiger charge is 2.48. The average molecular weight is 1380 g/mol. The molecule has 2 aliphatic rings. The zero-order valence-electron chi connectivity index (χ0n) is 58.3. The number of hydrogen-bond acceptors (Lipinski definition) is 2. The first-order chi connectivity index (χ1) is 52.6. The maximum atomic E-state index is 2.66. The lowest BCUT2D eigenvalue weighted by Crippen LogP contribution is -2.75. The molecule has 2 aliphatic heterocycles. The molecule has 0 atom stereocenters. The molecule has 17 aromatic carbocycles. The smallest absolute Gasteiger partial charge is 0.252 e. The third-order valence-electron chi connectivity index (χ3n) is 22.6. The van der Waals surface area contributed by atoms with Crippen molar-refractivity contribution in [1.29, 1.82) is 0 Å². The van der Waals surface area contributed by atoms with Crippen LogP contribution in [0.4, 0.5) is 34.1 Å². The van der Waals surface area contributed by atoms with Crippen molar-refractivity contribution in [2.24, 2.45) is 0 Å². The van der Waals surface area contributed by atoms with Gasteiger partial charge in [0.05, 0.1) is 11.0 Å². The number of hydrogen-bond donors (Lipinski definition) is 0. The number of benzene rings is 17. The zero-order chi connectivity index (χ0) is 70.1. The summed E-state index contributed by atoms with van der Waals surface area (Å²) in [4.78, 5) is 5.31. The van der Waals surface area contributed by atoms with E-state index in [1.807, 2.05) is 0 Å². The Kier molecular flexibility index (Phi) is 15.4. The average Bonchev–Trinajstić information content (AvgIpc) is 0.826. The van der Waals surface area contributed by atoms with Crippen molar-refractivity contribution in [2.45, 2.75) is 0 Å². The maximum Gasteiger partial charge on any atom is 0.252 e. The Morgan fingerprint density at radius 2 is 0.613 bits per heavy atom. The summed E-state index contributed by atoms with van der Waals surface area (Å²) < 4.78 is 2.49. The van der Waals surface area contributed by atoms with E-state index in [0.717, 1.165) is 56.5 Å². The molecule has 0 saturated heterocycles. The van der Waals surface area contributed by atoms with Gasteiger partial charge in [-0.25, -0.2) is 0 Å². The van der Waals surface area contributed by atoms with Gasteiger partial charge in [0.1, 0.15) is 0 Å². The van der Waals surface area contributed by atoms with Gasteiger partial charge in [-0.1, -0.05) is 352 Å². The van der Waals surface area contributed by atoms with Crippen molar-refractivity contribution in [3.05, 3.63) is 425 Å². The normalized spacial score (nSPS) is 12.5. The minimum atomic E-state index is -3.14. The van der Waals surface area contributed by atoms with Crippen LogP contribution in [0, 0.1) is 0 Å². The summed E-state index contributed by atoms with van der Waals surface area (Å²) in [5, 5.41) is 15.4. The number of anilines is 6. The number of nitrogens with zero attached hydrogens (tertiary/aromatic N) is 3. The van der Waals surface area contributed by atoms with Gasteiger partial charge in [0.2, 0.25) is 0 Å². The Labute approximate surface area is 621 Å². The second-order valence-electron chi connectivity index (χ2n) is 28.2. The molecule has 18 aromatic rings. The molecule has 6 heteroatoms. The highest BCUT2D eigenvalue weighted by atomic mass is 28.3. The SMILES string of the molecule is c1ccc(-c2ccc(N3c4cc([Si](c5ccccc5)(c5ccccc5)c5ccccc5)ccc4B4c5cc(-c6ccccc6)ccc5N(c5cccc([Si](c6ccccc6)(c6ccccc6)c6ccccc6)c5)c5cc(-c6cc(-n7c8ccccc8c8ccccc87)cc7ccccc67)cc3c54)cc2)cc1. The van der Waals surface area contributed by atoms with Crippen LogP contribution in [0.2, 0.25) is 0 Å². The third-order valence-corrected chi connectivity index (χ3v) is 32.2. The molecule has 0 bridgehead atoms. The van der Waals surface area contributed by atoms with Crippen LogP contribution in [-0.2, 0) is 0 Å². The Bertz CT molecular complexity index is 6070. The number of para-hydroxylation sites is 2. The molecule has 0 amide bonds. The van der Waals surface area contributed by atoms with E-state index < -0.39 is 16.1 Å². The molecule has 1 aromatic heterocycles. The van der Waals surface area contributed by atoms with Crippen molar-refractivity contribution in [3.63, 3.8) is 0 Å². The Morgan fingerprint density at radius 1 is 0.208 bits per heavy atom. The molecule has 20 rings (SSSR count). The fourth-order valence-corrected chi connectivity index (χ4v) is 27.6. The largest absolute Gasteiger partial charge is 0.311 e. The minimum Gasteiger partial charge on any atom is -0.311 e.